The Labute approximate surface area is 203 Å². The van der Waals surface area contributed by atoms with Gasteiger partial charge in [-0.05, 0) is 55.1 Å². The summed E-state index contributed by atoms with van der Waals surface area (Å²) in [6, 6.07) is 16.9. The number of aliphatic imine (C=N–C) groups is 1. The minimum atomic E-state index is -4.47. The summed E-state index contributed by atoms with van der Waals surface area (Å²) in [7, 11) is 0. The number of para-hydroxylation sites is 1. The van der Waals surface area contributed by atoms with Gasteiger partial charge in [0.25, 0.3) is 0 Å². The third-order valence-electron chi connectivity index (χ3n) is 4.97. The van der Waals surface area contributed by atoms with Crippen LogP contribution >= 0.6 is 0 Å². The second-order valence-corrected chi connectivity index (χ2v) is 7.62. The number of hydrogen-bond acceptors (Lipinski definition) is 6. The van der Waals surface area contributed by atoms with Crippen molar-refractivity contribution in [1.29, 1.82) is 0 Å². The zero-order chi connectivity index (χ0) is 25.7. The molecule has 0 atom stereocenters. The van der Waals surface area contributed by atoms with E-state index in [1.807, 2.05) is 18.2 Å². The zero-order valence-electron chi connectivity index (χ0n) is 19.1. The van der Waals surface area contributed by atoms with Crippen molar-refractivity contribution in [3.63, 3.8) is 0 Å². The van der Waals surface area contributed by atoms with E-state index in [9.17, 15) is 18.0 Å². The SMILES string of the molecule is Cc1cc(-n2nccc2OCC(F)(F)F)ccc1-n1ccc(=O)c(C(C=CN)=Nc2ccccc2)n1. The van der Waals surface area contributed by atoms with E-state index < -0.39 is 12.8 Å². The maximum absolute atomic E-state index is 12.6. The molecule has 0 saturated heterocycles. The summed E-state index contributed by atoms with van der Waals surface area (Å²) in [6.45, 7) is 0.376. The van der Waals surface area contributed by atoms with Crippen molar-refractivity contribution in [3.8, 4) is 17.3 Å². The molecule has 4 rings (SSSR count). The molecule has 2 N–H and O–H groups in total. The summed E-state index contributed by atoms with van der Waals surface area (Å²) in [4.78, 5) is 17.1. The topological polar surface area (TPSA) is 100 Å². The Balaban J connectivity index is 1.69. The Morgan fingerprint density at radius 1 is 1.14 bits per heavy atom. The molecule has 0 unspecified atom stereocenters. The molecule has 11 heteroatoms. The average Bonchev–Trinajstić information content (AvgIpc) is 3.32. The molecule has 0 aliphatic rings. The Morgan fingerprint density at radius 2 is 1.92 bits per heavy atom. The molecule has 0 aliphatic heterocycles. The van der Waals surface area contributed by atoms with Crippen LogP contribution < -0.4 is 15.9 Å². The first kappa shape index (κ1) is 24.5. The van der Waals surface area contributed by atoms with Crippen LogP contribution in [0.3, 0.4) is 0 Å². The van der Waals surface area contributed by atoms with Gasteiger partial charge in [-0.3, -0.25) is 4.79 Å². The Kier molecular flexibility index (Phi) is 7.00. The van der Waals surface area contributed by atoms with E-state index in [-0.39, 0.29) is 17.0 Å². The van der Waals surface area contributed by atoms with Crippen LogP contribution in [0, 0.1) is 6.92 Å². The largest absolute Gasteiger partial charge is 0.468 e. The molecule has 2 aromatic heterocycles. The molecule has 2 aromatic carbocycles. The lowest BCUT2D eigenvalue weighted by Gasteiger charge is -2.14. The van der Waals surface area contributed by atoms with E-state index in [1.165, 1.54) is 46.2 Å². The summed E-state index contributed by atoms with van der Waals surface area (Å²) in [5, 5.41) is 8.54. The third kappa shape index (κ3) is 5.69. The lowest BCUT2D eigenvalue weighted by atomic mass is 10.1. The highest BCUT2D eigenvalue weighted by atomic mass is 19.4. The summed E-state index contributed by atoms with van der Waals surface area (Å²) in [5.74, 6) is -0.0430. The number of rotatable bonds is 7. The van der Waals surface area contributed by atoms with Crippen LogP contribution in [-0.4, -0.2) is 38.1 Å². The normalized spacial score (nSPS) is 12.3. The van der Waals surface area contributed by atoms with E-state index >= 15 is 0 Å². The van der Waals surface area contributed by atoms with Crippen molar-refractivity contribution in [1.82, 2.24) is 19.6 Å². The van der Waals surface area contributed by atoms with Crippen LogP contribution in [0.15, 0.2) is 95.1 Å². The molecule has 2 heterocycles. The number of aryl methyl sites for hydroxylation is 1. The molecule has 0 fully saturated rings. The predicted octanol–water partition coefficient (Wildman–Crippen LogP) is 4.26. The number of allylic oxidation sites excluding steroid dienone is 1. The molecule has 8 nitrogen and oxygen atoms in total. The zero-order valence-corrected chi connectivity index (χ0v) is 19.1. The summed E-state index contributed by atoms with van der Waals surface area (Å²) < 4.78 is 45.4. The Morgan fingerprint density at radius 3 is 2.61 bits per heavy atom. The number of nitrogens with two attached hydrogens (primary N) is 1. The molecule has 184 valence electrons. The van der Waals surface area contributed by atoms with Crippen LogP contribution in [-0.2, 0) is 0 Å². The van der Waals surface area contributed by atoms with Crippen LogP contribution in [0.2, 0.25) is 0 Å². The Bertz CT molecular complexity index is 1470. The van der Waals surface area contributed by atoms with Crippen LogP contribution in [0.5, 0.6) is 5.88 Å². The van der Waals surface area contributed by atoms with Crippen LogP contribution in [0.1, 0.15) is 11.3 Å². The van der Waals surface area contributed by atoms with Gasteiger partial charge < -0.3 is 10.5 Å². The molecule has 0 bridgehead atoms. The summed E-state index contributed by atoms with van der Waals surface area (Å²) in [6.07, 6.45) is 1.18. The molecule has 4 aromatic rings. The molecule has 0 aliphatic carbocycles. The number of hydrogen-bond donors (Lipinski definition) is 1. The summed E-state index contributed by atoms with van der Waals surface area (Å²) in [5.41, 5.74) is 8.13. The van der Waals surface area contributed by atoms with Gasteiger partial charge in [0.2, 0.25) is 11.3 Å². The number of ether oxygens (including phenoxy) is 1. The van der Waals surface area contributed by atoms with Gasteiger partial charge in [0.05, 0.1) is 29.0 Å². The van der Waals surface area contributed by atoms with Gasteiger partial charge in [-0.25, -0.2) is 14.4 Å². The fourth-order valence-electron chi connectivity index (χ4n) is 3.40. The smallest absolute Gasteiger partial charge is 0.422 e. The van der Waals surface area contributed by atoms with Crippen molar-refractivity contribution >= 4 is 11.4 Å². The maximum Gasteiger partial charge on any atom is 0.422 e. The Hall–Kier alpha value is -4.67. The quantitative estimate of drug-likeness (QED) is 0.387. The minimum absolute atomic E-state index is 0.0430. The summed E-state index contributed by atoms with van der Waals surface area (Å²) >= 11 is 0. The first-order chi connectivity index (χ1) is 17.2. The van der Waals surface area contributed by atoms with E-state index in [1.54, 1.807) is 37.3 Å². The third-order valence-corrected chi connectivity index (χ3v) is 4.97. The van der Waals surface area contributed by atoms with Gasteiger partial charge in [0.1, 0.15) is 0 Å². The minimum Gasteiger partial charge on any atom is -0.468 e. The number of aromatic nitrogens is 4. The molecule has 36 heavy (non-hydrogen) atoms. The van der Waals surface area contributed by atoms with Gasteiger partial charge in [0, 0.05) is 18.3 Å². The first-order valence-electron chi connectivity index (χ1n) is 10.7. The van der Waals surface area contributed by atoms with Gasteiger partial charge in [-0.15, -0.1) is 0 Å². The average molecular weight is 494 g/mol. The predicted molar refractivity (Wildman–Crippen MR) is 129 cm³/mol. The fourth-order valence-corrected chi connectivity index (χ4v) is 3.40. The fraction of sp³-hybridized carbons (Fsp3) is 0.120. The lowest BCUT2D eigenvalue weighted by Crippen LogP contribution is -2.21. The lowest BCUT2D eigenvalue weighted by molar-refractivity contribution is -0.154. The van der Waals surface area contributed by atoms with Gasteiger partial charge in [-0.1, -0.05) is 18.2 Å². The molecule has 0 amide bonds. The van der Waals surface area contributed by atoms with Crippen molar-refractivity contribution in [2.45, 2.75) is 13.1 Å². The highest BCUT2D eigenvalue weighted by Gasteiger charge is 2.29. The number of halogens is 3. The van der Waals surface area contributed by atoms with E-state index in [0.717, 1.165) is 5.56 Å². The van der Waals surface area contributed by atoms with E-state index in [4.69, 9.17) is 10.5 Å². The number of nitrogens with zero attached hydrogens (tertiary/aromatic N) is 5. The van der Waals surface area contributed by atoms with Gasteiger partial charge in [0.15, 0.2) is 12.3 Å². The highest BCUT2D eigenvalue weighted by molar-refractivity contribution is 6.08. The maximum atomic E-state index is 12.6. The molecule has 0 spiro atoms. The van der Waals surface area contributed by atoms with E-state index in [0.29, 0.717) is 22.8 Å². The number of benzene rings is 2. The van der Waals surface area contributed by atoms with Crippen LogP contribution in [0.4, 0.5) is 18.9 Å². The van der Waals surface area contributed by atoms with Gasteiger partial charge in [-0.2, -0.15) is 23.4 Å². The number of alkyl halides is 3. The van der Waals surface area contributed by atoms with Gasteiger partial charge >= 0.3 is 6.18 Å². The molecule has 0 radical (unpaired) electrons. The molecular weight excluding hydrogens is 473 g/mol. The van der Waals surface area contributed by atoms with E-state index in [2.05, 4.69) is 15.2 Å². The first-order valence-corrected chi connectivity index (χ1v) is 10.7. The van der Waals surface area contributed by atoms with Crippen molar-refractivity contribution in [2.75, 3.05) is 6.61 Å². The van der Waals surface area contributed by atoms with Crippen LogP contribution in [0.25, 0.3) is 11.4 Å². The second-order valence-electron chi connectivity index (χ2n) is 7.62. The van der Waals surface area contributed by atoms with Crippen molar-refractivity contribution in [2.24, 2.45) is 10.7 Å². The monoisotopic (exact) mass is 494 g/mol. The second kappa shape index (κ2) is 10.3. The standard InChI is InChI=1S/C25H21F3N6O2/c1-17-15-19(34-23(10-13-30-34)36-16-25(26,27)28)7-8-21(17)33-14-11-22(35)24(32-33)20(9-12-29)31-18-5-3-2-4-6-18/h2-15H,16,29H2,1H3. The highest BCUT2D eigenvalue weighted by Crippen LogP contribution is 2.24. The van der Waals surface area contributed by atoms with Crippen molar-refractivity contribution in [3.05, 3.63) is 107 Å². The molecule has 0 saturated carbocycles. The molecular formula is C25H21F3N6O2. The van der Waals surface area contributed by atoms with Crippen molar-refractivity contribution < 1.29 is 17.9 Å².